The highest BCUT2D eigenvalue weighted by Crippen LogP contribution is 2.43. The molecule has 0 radical (unpaired) electrons. The minimum absolute atomic E-state index is 0.168. The summed E-state index contributed by atoms with van der Waals surface area (Å²) in [6, 6.07) is 9.76. The molecule has 158 valence electrons. The third-order valence-corrected chi connectivity index (χ3v) is 6.55. The molecule has 2 fully saturated rings. The van der Waals surface area contributed by atoms with E-state index in [1.807, 2.05) is 18.2 Å². The van der Waals surface area contributed by atoms with Crippen LogP contribution in [-0.4, -0.2) is 38.6 Å². The highest BCUT2D eigenvalue weighted by Gasteiger charge is 2.40. The molecule has 2 aliphatic rings. The third kappa shape index (κ3) is 3.35. The Morgan fingerprint density at radius 1 is 1.26 bits per heavy atom. The van der Waals surface area contributed by atoms with Gasteiger partial charge in [0.25, 0.3) is 5.91 Å². The van der Waals surface area contributed by atoms with Crippen LogP contribution < -0.4 is 16.8 Å². The Morgan fingerprint density at radius 2 is 2.00 bits per heavy atom. The van der Waals surface area contributed by atoms with Gasteiger partial charge in [-0.05, 0) is 49.4 Å². The molecule has 2 aromatic heterocycles. The van der Waals surface area contributed by atoms with Crippen molar-refractivity contribution in [1.82, 2.24) is 24.9 Å². The lowest BCUT2D eigenvalue weighted by Gasteiger charge is -2.14. The van der Waals surface area contributed by atoms with Gasteiger partial charge in [0.15, 0.2) is 0 Å². The molecule has 3 aromatic rings. The lowest BCUT2D eigenvalue weighted by Crippen LogP contribution is -2.18. The lowest BCUT2D eigenvalue weighted by atomic mass is 10.0. The van der Waals surface area contributed by atoms with E-state index in [0.29, 0.717) is 41.0 Å². The summed E-state index contributed by atoms with van der Waals surface area (Å²) in [4.78, 5) is 12.2. The van der Waals surface area contributed by atoms with Crippen molar-refractivity contribution in [2.75, 3.05) is 18.8 Å². The number of nitrogens with zero attached hydrogens (tertiary/aromatic N) is 5. The molecule has 9 heteroatoms. The van der Waals surface area contributed by atoms with E-state index in [-0.39, 0.29) is 11.6 Å². The van der Waals surface area contributed by atoms with Gasteiger partial charge in [-0.25, -0.2) is 4.68 Å². The maximum absolute atomic E-state index is 12.2. The highest BCUT2D eigenvalue weighted by atomic mass is 16.1. The summed E-state index contributed by atoms with van der Waals surface area (Å²) in [7, 11) is 0. The number of nitrogens with two attached hydrogens (primary N) is 2. The van der Waals surface area contributed by atoms with Crippen molar-refractivity contribution in [1.29, 1.82) is 5.26 Å². The van der Waals surface area contributed by atoms with Gasteiger partial charge in [-0.15, -0.1) is 0 Å². The Kier molecular flexibility index (Phi) is 4.71. The molecular weight excluding hydrogens is 392 g/mol. The monoisotopic (exact) mass is 416 g/mol. The first-order chi connectivity index (χ1) is 15.0. The number of hydrogen-bond acceptors (Lipinski definition) is 6. The zero-order chi connectivity index (χ0) is 21.5. The van der Waals surface area contributed by atoms with Crippen molar-refractivity contribution in [2.24, 2.45) is 17.6 Å². The number of nitrogen functional groups attached to an aromatic ring is 1. The molecule has 1 aliphatic carbocycles. The first-order valence-corrected chi connectivity index (χ1v) is 10.4. The molecule has 3 heterocycles. The molecule has 1 aromatic carbocycles. The van der Waals surface area contributed by atoms with Crippen molar-refractivity contribution in [3.8, 4) is 17.3 Å². The Morgan fingerprint density at radius 3 is 2.71 bits per heavy atom. The molecule has 0 bridgehead atoms. The Labute approximate surface area is 179 Å². The summed E-state index contributed by atoms with van der Waals surface area (Å²) in [6.45, 7) is 2.48. The molecule has 31 heavy (non-hydrogen) atoms. The number of rotatable bonds is 5. The second-order valence-electron chi connectivity index (χ2n) is 8.42. The van der Waals surface area contributed by atoms with E-state index in [4.69, 9.17) is 16.6 Å². The van der Waals surface area contributed by atoms with Gasteiger partial charge in [0, 0.05) is 11.8 Å². The minimum atomic E-state index is -0.596. The van der Waals surface area contributed by atoms with E-state index in [1.54, 1.807) is 27.8 Å². The summed E-state index contributed by atoms with van der Waals surface area (Å²) in [6.07, 6.45) is 5.44. The van der Waals surface area contributed by atoms with Crippen molar-refractivity contribution < 1.29 is 4.79 Å². The number of amides is 1. The zero-order valence-electron chi connectivity index (χ0n) is 17.0. The van der Waals surface area contributed by atoms with E-state index in [9.17, 15) is 10.1 Å². The number of nitriles is 1. The van der Waals surface area contributed by atoms with Gasteiger partial charge in [-0.1, -0.05) is 18.2 Å². The van der Waals surface area contributed by atoms with Crippen molar-refractivity contribution in [3.05, 3.63) is 53.3 Å². The van der Waals surface area contributed by atoms with Crippen LogP contribution in [0.25, 0.3) is 11.3 Å². The van der Waals surface area contributed by atoms with Crippen molar-refractivity contribution in [3.63, 3.8) is 0 Å². The van der Waals surface area contributed by atoms with Crippen molar-refractivity contribution >= 4 is 11.7 Å². The van der Waals surface area contributed by atoms with Crippen LogP contribution in [0.3, 0.4) is 0 Å². The normalized spacial score (nSPS) is 22.4. The molecule has 5 N–H and O–H groups in total. The molecule has 5 rings (SSSR count). The number of carbonyl (C=O) groups is 1. The fourth-order valence-corrected chi connectivity index (χ4v) is 5.02. The van der Waals surface area contributed by atoms with E-state index in [2.05, 4.69) is 16.5 Å². The molecule has 2 unspecified atom stereocenters. The molecular formula is C22H24N8O. The summed E-state index contributed by atoms with van der Waals surface area (Å²) in [5, 5.41) is 21.9. The van der Waals surface area contributed by atoms with Gasteiger partial charge in [0.2, 0.25) is 0 Å². The average Bonchev–Trinajstić information content (AvgIpc) is 3.50. The molecule has 0 spiro atoms. The van der Waals surface area contributed by atoms with Gasteiger partial charge >= 0.3 is 0 Å². The number of benzene rings is 1. The number of aromatic nitrogens is 4. The summed E-state index contributed by atoms with van der Waals surface area (Å²) < 4.78 is 3.51. The van der Waals surface area contributed by atoms with Gasteiger partial charge in [-0.2, -0.15) is 15.5 Å². The predicted octanol–water partition coefficient (Wildman–Crippen LogP) is 1.52. The van der Waals surface area contributed by atoms with Crippen LogP contribution in [0.4, 0.5) is 5.82 Å². The maximum atomic E-state index is 12.2. The minimum Gasteiger partial charge on any atom is -0.383 e. The summed E-state index contributed by atoms with van der Waals surface area (Å²) in [5.74, 6) is 0.971. The molecule has 2 atom stereocenters. The topological polar surface area (TPSA) is 141 Å². The number of hydrogen-bond donors (Lipinski definition) is 3. The number of nitrogens with one attached hydrogen (secondary N) is 1. The SMILES string of the molecule is N#Cc1ccccc1Cn1cc(-c2nn(C3CC4CNCC4C3)c(N)c2C(N)=O)cn1. The molecule has 1 amide bonds. The Balaban J connectivity index is 1.46. The molecule has 1 saturated carbocycles. The fourth-order valence-electron chi connectivity index (χ4n) is 5.02. The molecule has 1 aliphatic heterocycles. The van der Waals surface area contributed by atoms with E-state index in [1.165, 1.54) is 0 Å². The van der Waals surface area contributed by atoms with Crippen LogP contribution in [0.1, 0.15) is 40.4 Å². The second kappa shape index (κ2) is 7.56. The van der Waals surface area contributed by atoms with Crippen LogP contribution >= 0.6 is 0 Å². The Hall–Kier alpha value is -3.64. The molecule has 1 saturated heterocycles. The standard InChI is InChI=1S/C22H24N8O/c23-7-13-3-1-2-4-14(13)11-29-12-17(10-27-29)20-19(22(25)31)21(24)30(28-20)18-5-15-8-26-9-16(15)6-18/h1-4,10,12,15-16,18,26H,5-6,8-9,11,24H2,(H2,25,31). The van der Waals surface area contributed by atoms with Crippen LogP contribution in [0.2, 0.25) is 0 Å². The zero-order valence-corrected chi connectivity index (χ0v) is 17.0. The summed E-state index contributed by atoms with van der Waals surface area (Å²) >= 11 is 0. The largest absolute Gasteiger partial charge is 0.383 e. The number of carbonyl (C=O) groups excluding carboxylic acids is 1. The third-order valence-electron chi connectivity index (χ3n) is 6.55. The van der Waals surface area contributed by atoms with Crippen LogP contribution in [0.15, 0.2) is 36.7 Å². The lowest BCUT2D eigenvalue weighted by molar-refractivity contribution is 0.100. The summed E-state index contributed by atoms with van der Waals surface area (Å²) in [5.41, 5.74) is 14.9. The highest BCUT2D eigenvalue weighted by molar-refractivity contribution is 6.03. The molecule has 9 nitrogen and oxygen atoms in total. The van der Waals surface area contributed by atoms with Gasteiger partial charge in [0.1, 0.15) is 17.1 Å². The Bertz CT molecular complexity index is 1170. The van der Waals surface area contributed by atoms with Crippen LogP contribution in [0, 0.1) is 23.2 Å². The maximum Gasteiger partial charge on any atom is 0.254 e. The van der Waals surface area contributed by atoms with E-state index in [0.717, 1.165) is 31.5 Å². The quantitative estimate of drug-likeness (QED) is 0.576. The predicted molar refractivity (Wildman–Crippen MR) is 115 cm³/mol. The van der Waals surface area contributed by atoms with Crippen molar-refractivity contribution in [2.45, 2.75) is 25.4 Å². The number of anilines is 1. The van der Waals surface area contributed by atoms with Gasteiger partial charge in [0.05, 0.1) is 30.4 Å². The smallest absolute Gasteiger partial charge is 0.254 e. The van der Waals surface area contributed by atoms with E-state index >= 15 is 0 Å². The fraction of sp³-hybridized carbons (Fsp3) is 0.364. The van der Waals surface area contributed by atoms with Crippen LogP contribution in [0.5, 0.6) is 0 Å². The van der Waals surface area contributed by atoms with Gasteiger partial charge < -0.3 is 16.8 Å². The van der Waals surface area contributed by atoms with E-state index < -0.39 is 5.91 Å². The van der Waals surface area contributed by atoms with Gasteiger partial charge in [-0.3, -0.25) is 9.48 Å². The average molecular weight is 416 g/mol. The number of primary amides is 1. The first kappa shape index (κ1) is 19.3. The second-order valence-corrected chi connectivity index (χ2v) is 8.42. The number of fused-ring (bicyclic) bond motifs is 1. The van der Waals surface area contributed by atoms with Crippen LogP contribution in [-0.2, 0) is 6.54 Å². The first-order valence-electron chi connectivity index (χ1n) is 10.4.